The zero-order chi connectivity index (χ0) is 21.8. The first-order chi connectivity index (χ1) is 15.1. The smallest absolute Gasteiger partial charge is 0.269 e. The maximum absolute atomic E-state index is 12.0. The molecule has 1 unspecified atom stereocenters. The summed E-state index contributed by atoms with van der Waals surface area (Å²) in [6.07, 6.45) is 2.54. The molecule has 1 saturated heterocycles. The van der Waals surface area contributed by atoms with Gasteiger partial charge in [0.15, 0.2) is 5.96 Å². The normalized spacial score (nSPS) is 18.4. The summed E-state index contributed by atoms with van der Waals surface area (Å²) in [6.45, 7) is 2.88. The van der Waals surface area contributed by atoms with Gasteiger partial charge in [-0.3, -0.25) is 19.9 Å². The van der Waals surface area contributed by atoms with Crippen LogP contribution in [0.5, 0.6) is 0 Å². The summed E-state index contributed by atoms with van der Waals surface area (Å²) in [5, 5.41) is 14.4. The third kappa shape index (κ3) is 4.52. The van der Waals surface area contributed by atoms with E-state index in [9.17, 15) is 14.9 Å². The highest BCUT2D eigenvalue weighted by Crippen LogP contribution is 2.38. The van der Waals surface area contributed by atoms with Gasteiger partial charge in [-0.2, -0.15) is 0 Å². The number of nitrogens with zero attached hydrogens (tertiary/aromatic N) is 4. The fraction of sp³-hybridized carbons (Fsp3) is 0.391. The van der Waals surface area contributed by atoms with Crippen LogP contribution in [0.2, 0.25) is 0 Å². The van der Waals surface area contributed by atoms with E-state index in [0.717, 1.165) is 49.7 Å². The second-order valence-electron chi connectivity index (χ2n) is 7.97. The number of hydrogen-bond donors (Lipinski definition) is 1. The number of nitro groups is 1. The summed E-state index contributed by atoms with van der Waals surface area (Å²) in [6, 6.07) is 14.9. The van der Waals surface area contributed by atoms with E-state index in [1.807, 2.05) is 17.0 Å². The molecule has 0 bridgehead atoms. The van der Waals surface area contributed by atoms with Crippen molar-refractivity contribution in [1.82, 2.24) is 10.2 Å². The molecule has 0 spiro atoms. The van der Waals surface area contributed by atoms with Crippen molar-refractivity contribution in [1.29, 1.82) is 0 Å². The second kappa shape index (κ2) is 9.16. The van der Waals surface area contributed by atoms with Crippen LogP contribution in [0.4, 0.5) is 11.4 Å². The molecule has 4 rings (SSSR count). The Morgan fingerprint density at radius 2 is 2.10 bits per heavy atom. The molecule has 0 radical (unpaired) electrons. The number of benzene rings is 2. The lowest BCUT2D eigenvalue weighted by atomic mass is 9.98. The van der Waals surface area contributed by atoms with Crippen molar-refractivity contribution in [3.8, 4) is 0 Å². The number of hydrogen-bond acceptors (Lipinski definition) is 4. The lowest BCUT2D eigenvalue weighted by Gasteiger charge is -2.23. The number of aliphatic imine (C=N–C) groups is 1. The van der Waals surface area contributed by atoms with Crippen molar-refractivity contribution in [2.24, 2.45) is 4.99 Å². The van der Waals surface area contributed by atoms with Gasteiger partial charge in [0.2, 0.25) is 5.91 Å². The maximum atomic E-state index is 12.0. The van der Waals surface area contributed by atoms with E-state index in [1.54, 1.807) is 19.2 Å². The molecular formula is C23H27N5O3. The fourth-order valence-electron chi connectivity index (χ4n) is 4.45. The van der Waals surface area contributed by atoms with E-state index in [-0.39, 0.29) is 16.5 Å². The summed E-state index contributed by atoms with van der Waals surface area (Å²) in [5.41, 5.74) is 3.30. The number of anilines is 1. The first-order valence-electron chi connectivity index (χ1n) is 10.6. The molecule has 31 heavy (non-hydrogen) atoms. The van der Waals surface area contributed by atoms with Crippen molar-refractivity contribution < 1.29 is 9.72 Å². The largest absolute Gasteiger partial charge is 0.352 e. The first-order valence-corrected chi connectivity index (χ1v) is 10.6. The molecule has 0 aliphatic carbocycles. The van der Waals surface area contributed by atoms with Gasteiger partial charge < -0.3 is 15.1 Å². The quantitative estimate of drug-likeness (QED) is 0.335. The van der Waals surface area contributed by atoms with Crippen LogP contribution >= 0.6 is 0 Å². The average molecular weight is 422 g/mol. The van der Waals surface area contributed by atoms with Gasteiger partial charge in [0.05, 0.1) is 4.92 Å². The molecule has 2 heterocycles. The van der Waals surface area contributed by atoms with Gasteiger partial charge in [-0.05, 0) is 30.0 Å². The van der Waals surface area contributed by atoms with E-state index in [1.165, 1.54) is 11.6 Å². The highest BCUT2D eigenvalue weighted by molar-refractivity contribution is 5.98. The van der Waals surface area contributed by atoms with Crippen molar-refractivity contribution in [2.45, 2.75) is 31.7 Å². The number of non-ortho nitro benzene ring substituents is 1. The molecule has 2 aliphatic rings. The molecule has 8 heteroatoms. The van der Waals surface area contributed by atoms with Crippen LogP contribution in [0.25, 0.3) is 0 Å². The number of nitrogens with one attached hydrogen (secondary N) is 1. The summed E-state index contributed by atoms with van der Waals surface area (Å²) in [5.74, 6) is 1.32. The van der Waals surface area contributed by atoms with Gasteiger partial charge >= 0.3 is 0 Å². The van der Waals surface area contributed by atoms with Gasteiger partial charge in [0.1, 0.15) is 0 Å². The number of para-hydroxylation sites is 1. The Bertz CT molecular complexity index is 1010. The summed E-state index contributed by atoms with van der Waals surface area (Å²) >= 11 is 0. The molecule has 2 aromatic carbocycles. The van der Waals surface area contributed by atoms with Crippen molar-refractivity contribution in [2.75, 3.05) is 31.6 Å². The van der Waals surface area contributed by atoms with Gasteiger partial charge in [-0.1, -0.05) is 30.3 Å². The average Bonchev–Trinajstić information content (AvgIpc) is 3.36. The summed E-state index contributed by atoms with van der Waals surface area (Å²) in [7, 11) is 1.74. The SMILES string of the molecule is CN=C(NCc1cccc([N+](=O)[O-])c1)N1CC(CCN2CCCC2=O)c2ccccc21. The Labute approximate surface area is 181 Å². The first kappa shape index (κ1) is 20.8. The van der Waals surface area contributed by atoms with Crippen LogP contribution in [0.1, 0.15) is 36.3 Å². The molecule has 162 valence electrons. The monoisotopic (exact) mass is 421 g/mol. The third-order valence-electron chi connectivity index (χ3n) is 6.03. The van der Waals surface area contributed by atoms with Crippen molar-refractivity contribution in [3.63, 3.8) is 0 Å². The minimum atomic E-state index is -0.384. The van der Waals surface area contributed by atoms with Crippen LogP contribution in [-0.4, -0.2) is 48.4 Å². The number of likely N-dealkylation sites (tertiary alicyclic amines) is 1. The van der Waals surface area contributed by atoms with E-state index in [4.69, 9.17) is 0 Å². The van der Waals surface area contributed by atoms with Crippen molar-refractivity contribution >= 4 is 23.2 Å². The van der Waals surface area contributed by atoms with Gasteiger partial charge in [-0.15, -0.1) is 0 Å². The molecule has 0 aromatic heterocycles. The predicted octanol–water partition coefficient (Wildman–Crippen LogP) is 3.29. The number of carbonyl (C=O) groups excluding carboxylic acids is 1. The highest BCUT2D eigenvalue weighted by Gasteiger charge is 2.32. The summed E-state index contributed by atoms with van der Waals surface area (Å²) in [4.78, 5) is 31.2. The molecule has 2 aliphatic heterocycles. The molecule has 1 fully saturated rings. The molecule has 1 amide bonds. The number of guanidine groups is 1. The zero-order valence-electron chi connectivity index (χ0n) is 17.7. The van der Waals surface area contributed by atoms with Crippen LogP contribution in [-0.2, 0) is 11.3 Å². The van der Waals surface area contributed by atoms with Gasteiger partial charge in [0, 0.05) is 63.4 Å². The number of amides is 1. The lowest BCUT2D eigenvalue weighted by molar-refractivity contribution is -0.384. The van der Waals surface area contributed by atoms with Crippen LogP contribution in [0, 0.1) is 10.1 Å². The van der Waals surface area contributed by atoms with Crippen LogP contribution < -0.4 is 10.2 Å². The molecule has 8 nitrogen and oxygen atoms in total. The minimum absolute atomic E-state index is 0.0809. The standard InChI is InChI=1S/C23H27N5O3/c1-24-23(25-15-17-6-4-7-19(14-17)28(30)31)27-16-18(20-8-2-3-9-21(20)27)11-13-26-12-5-10-22(26)29/h2-4,6-9,14,18H,5,10-13,15-16H2,1H3,(H,24,25). The van der Waals surface area contributed by atoms with E-state index >= 15 is 0 Å². The van der Waals surface area contributed by atoms with Gasteiger partial charge in [-0.25, -0.2) is 0 Å². The second-order valence-corrected chi connectivity index (χ2v) is 7.97. The molecule has 1 N–H and O–H groups in total. The molecule has 2 aromatic rings. The lowest BCUT2D eigenvalue weighted by Crippen LogP contribution is -2.40. The Balaban J connectivity index is 1.45. The number of fused-ring (bicyclic) bond motifs is 1. The zero-order valence-corrected chi connectivity index (χ0v) is 17.7. The van der Waals surface area contributed by atoms with Crippen LogP contribution in [0.3, 0.4) is 0 Å². The number of carbonyl (C=O) groups is 1. The Hall–Kier alpha value is -3.42. The number of rotatable bonds is 6. The molecule has 1 atom stereocenters. The Morgan fingerprint density at radius 3 is 2.84 bits per heavy atom. The Morgan fingerprint density at radius 1 is 1.26 bits per heavy atom. The Kier molecular flexibility index (Phi) is 6.16. The van der Waals surface area contributed by atoms with E-state index < -0.39 is 0 Å². The van der Waals surface area contributed by atoms with E-state index in [0.29, 0.717) is 18.9 Å². The summed E-state index contributed by atoms with van der Waals surface area (Å²) < 4.78 is 0. The van der Waals surface area contributed by atoms with Gasteiger partial charge in [0.25, 0.3) is 5.69 Å². The molecule has 0 saturated carbocycles. The minimum Gasteiger partial charge on any atom is -0.352 e. The molecular weight excluding hydrogens is 394 g/mol. The highest BCUT2D eigenvalue weighted by atomic mass is 16.6. The predicted molar refractivity (Wildman–Crippen MR) is 120 cm³/mol. The topological polar surface area (TPSA) is 91.1 Å². The fourth-order valence-corrected chi connectivity index (χ4v) is 4.45. The van der Waals surface area contributed by atoms with E-state index in [2.05, 4.69) is 33.4 Å². The van der Waals surface area contributed by atoms with Crippen molar-refractivity contribution in [3.05, 3.63) is 69.8 Å². The third-order valence-corrected chi connectivity index (χ3v) is 6.03. The van der Waals surface area contributed by atoms with Crippen LogP contribution in [0.15, 0.2) is 53.5 Å². The maximum Gasteiger partial charge on any atom is 0.269 e. The number of nitro benzene ring substituents is 1.